The van der Waals surface area contributed by atoms with Gasteiger partial charge in [0, 0.05) is 25.2 Å². The number of hydrogen-bond donors (Lipinski definition) is 0. The minimum atomic E-state index is -0.610. The van der Waals surface area contributed by atoms with Gasteiger partial charge in [-0.1, -0.05) is 42.5 Å². The minimum absolute atomic E-state index is 0.0319. The summed E-state index contributed by atoms with van der Waals surface area (Å²) in [5.41, 5.74) is 3.46. The normalized spacial score (nSPS) is 25.0. The Morgan fingerprint density at radius 3 is 2.97 bits per heavy atom. The van der Waals surface area contributed by atoms with E-state index >= 15 is 0 Å². The predicted octanol–water partition coefficient (Wildman–Crippen LogP) is 3.31. The third-order valence-corrected chi connectivity index (χ3v) is 7.21. The monoisotopic (exact) mass is 429 g/mol. The Bertz CT molecular complexity index is 1170. The number of benzene rings is 2. The first-order valence-electron chi connectivity index (χ1n) is 11.5. The molecule has 3 aliphatic rings. The fourth-order valence-electron chi connectivity index (χ4n) is 5.82. The van der Waals surface area contributed by atoms with Crippen molar-refractivity contribution in [3.05, 3.63) is 71.5 Å². The lowest BCUT2D eigenvalue weighted by Crippen LogP contribution is -2.44. The fourth-order valence-corrected chi connectivity index (χ4v) is 5.82. The summed E-state index contributed by atoms with van der Waals surface area (Å²) in [4.78, 5) is 18.7. The van der Waals surface area contributed by atoms with Crippen LogP contribution in [-0.4, -0.2) is 45.5 Å². The summed E-state index contributed by atoms with van der Waals surface area (Å²) in [6, 6.07) is 16.6. The lowest BCUT2D eigenvalue weighted by atomic mass is 9.72. The summed E-state index contributed by atoms with van der Waals surface area (Å²) in [7, 11) is 0. The van der Waals surface area contributed by atoms with Crippen LogP contribution in [0.3, 0.4) is 0 Å². The zero-order valence-electron chi connectivity index (χ0n) is 18.3. The molecule has 0 unspecified atom stereocenters. The molecule has 1 fully saturated rings. The van der Waals surface area contributed by atoms with Crippen molar-refractivity contribution in [2.75, 3.05) is 24.6 Å². The third kappa shape index (κ3) is 2.80. The van der Waals surface area contributed by atoms with Gasteiger partial charge in [-0.25, -0.2) is 0 Å². The summed E-state index contributed by atoms with van der Waals surface area (Å²) in [5.74, 6) is 1.01. The Morgan fingerprint density at radius 1 is 1.16 bits per heavy atom. The number of ether oxygens (including phenoxy) is 1. The highest BCUT2D eigenvalue weighted by Crippen LogP contribution is 2.56. The van der Waals surface area contributed by atoms with Crippen molar-refractivity contribution in [3.8, 4) is 5.75 Å². The molecule has 0 radical (unpaired) electrons. The Kier molecular flexibility index (Phi) is 4.54. The molecule has 2 atom stereocenters. The molecular formula is C25H27N5O2. The van der Waals surface area contributed by atoms with Gasteiger partial charge in [0.05, 0.1) is 30.8 Å². The number of hydrogen-bond acceptors (Lipinski definition) is 5. The van der Waals surface area contributed by atoms with Gasteiger partial charge in [0.15, 0.2) is 0 Å². The number of rotatable bonds is 1. The number of aryl methyl sites for hydroxylation is 1. The summed E-state index contributed by atoms with van der Waals surface area (Å²) < 4.78 is 7.93. The maximum Gasteiger partial charge on any atom is 0.240 e. The SMILES string of the molecule is CCN1CC[C@@]23C(=O)N(Cc4cn(nn4)CCCOc4cccc(c4)[C@H]12)c1ccccc13. The zero-order chi connectivity index (χ0) is 21.7. The number of aromatic nitrogens is 3. The van der Waals surface area contributed by atoms with Crippen LogP contribution in [0.4, 0.5) is 5.69 Å². The molecule has 7 heteroatoms. The summed E-state index contributed by atoms with van der Waals surface area (Å²) in [6.07, 6.45) is 3.59. The molecule has 0 saturated carbocycles. The number of amides is 1. The van der Waals surface area contributed by atoms with E-state index in [0.717, 1.165) is 60.7 Å². The first kappa shape index (κ1) is 19.5. The van der Waals surface area contributed by atoms with Gasteiger partial charge in [-0.2, -0.15) is 0 Å². The van der Waals surface area contributed by atoms with E-state index in [9.17, 15) is 4.79 Å². The van der Waals surface area contributed by atoms with Crippen molar-refractivity contribution < 1.29 is 9.53 Å². The molecule has 6 rings (SSSR count). The average Bonchev–Trinajstić information content (AvgIpc) is 3.49. The summed E-state index contributed by atoms with van der Waals surface area (Å²) in [5, 5.41) is 8.63. The van der Waals surface area contributed by atoms with Crippen molar-refractivity contribution in [3.63, 3.8) is 0 Å². The first-order valence-corrected chi connectivity index (χ1v) is 11.5. The largest absolute Gasteiger partial charge is 0.494 e. The van der Waals surface area contributed by atoms with Crippen LogP contribution in [0.1, 0.15) is 42.6 Å². The second kappa shape index (κ2) is 7.45. The Balaban J connectivity index is 1.56. The molecule has 4 heterocycles. The van der Waals surface area contributed by atoms with E-state index in [1.165, 1.54) is 0 Å². The van der Waals surface area contributed by atoms with Gasteiger partial charge < -0.3 is 9.64 Å². The molecule has 1 spiro atoms. The van der Waals surface area contributed by atoms with Crippen LogP contribution in [0.15, 0.2) is 54.7 Å². The van der Waals surface area contributed by atoms with E-state index in [1.54, 1.807) is 0 Å². The van der Waals surface area contributed by atoms with Crippen LogP contribution in [0, 0.1) is 0 Å². The molecule has 1 amide bonds. The molecule has 1 aromatic heterocycles. The van der Waals surface area contributed by atoms with Crippen LogP contribution in [0.5, 0.6) is 5.75 Å². The predicted molar refractivity (Wildman–Crippen MR) is 120 cm³/mol. The molecule has 6 bridgehead atoms. The molecule has 1 saturated heterocycles. The topological polar surface area (TPSA) is 63.5 Å². The van der Waals surface area contributed by atoms with E-state index in [2.05, 4.69) is 58.5 Å². The fraction of sp³-hybridized carbons (Fsp3) is 0.400. The number of likely N-dealkylation sites (tertiary alicyclic amines) is 1. The highest BCUT2D eigenvalue weighted by Gasteiger charge is 2.60. The van der Waals surface area contributed by atoms with Crippen molar-refractivity contribution in [2.45, 2.75) is 44.3 Å². The van der Waals surface area contributed by atoms with Crippen LogP contribution in [-0.2, 0) is 23.3 Å². The van der Waals surface area contributed by atoms with Gasteiger partial charge in [0.1, 0.15) is 11.4 Å². The molecule has 32 heavy (non-hydrogen) atoms. The van der Waals surface area contributed by atoms with Gasteiger partial charge >= 0.3 is 0 Å². The van der Waals surface area contributed by atoms with Gasteiger partial charge in [-0.15, -0.1) is 5.10 Å². The maximum atomic E-state index is 14.3. The van der Waals surface area contributed by atoms with Gasteiger partial charge in [0.25, 0.3) is 0 Å². The van der Waals surface area contributed by atoms with Crippen LogP contribution >= 0.6 is 0 Å². The number of fused-ring (bicyclic) bond motifs is 8. The molecule has 3 aromatic rings. The van der Waals surface area contributed by atoms with Crippen molar-refractivity contribution in [1.29, 1.82) is 0 Å². The van der Waals surface area contributed by atoms with E-state index in [0.29, 0.717) is 13.2 Å². The van der Waals surface area contributed by atoms with E-state index in [-0.39, 0.29) is 11.9 Å². The lowest BCUT2D eigenvalue weighted by Gasteiger charge is -2.35. The summed E-state index contributed by atoms with van der Waals surface area (Å²) in [6.45, 7) is 5.73. The standard InChI is InChI=1S/C25H27N5O2/c1-2-28-13-11-25-21-9-3-4-10-22(21)30(24(25)31)17-19-16-29(27-26-19)12-6-14-32-20-8-5-7-18(15-20)23(25)28/h3-5,7-10,15-16,23H,2,6,11-14,17H2,1H3/t23-,25-/m0/s1. The lowest BCUT2D eigenvalue weighted by molar-refractivity contribution is -0.124. The second-order valence-electron chi connectivity index (χ2n) is 8.91. The van der Waals surface area contributed by atoms with Crippen LogP contribution < -0.4 is 9.64 Å². The number of carbonyl (C=O) groups is 1. The van der Waals surface area contributed by atoms with E-state index in [4.69, 9.17) is 4.74 Å². The number of likely N-dealkylation sites (N-methyl/N-ethyl adjacent to an activating group) is 1. The average molecular weight is 430 g/mol. The zero-order valence-corrected chi connectivity index (χ0v) is 18.3. The number of para-hydroxylation sites is 1. The highest BCUT2D eigenvalue weighted by atomic mass is 16.5. The maximum absolute atomic E-state index is 14.3. The highest BCUT2D eigenvalue weighted by molar-refractivity contribution is 6.09. The third-order valence-electron chi connectivity index (χ3n) is 7.21. The minimum Gasteiger partial charge on any atom is -0.494 e. The van der Waals surface area contributed by atoms with Crippen molar-refractivity contribution >= 4 is 11.6 Å². The van der Waals surface area contributed by atoms with Gasteiger partial charge in [-0.05, 0) is 42.3 Å². The van der Waals surface area contributed by atoms with Crippen molar-refractivity contribution in [2.24, 2.45) is 0 Å². The molecule has 7 nitrogen and oxygen atoms in total. The second-order valence-corrected chi connectivity index (χ2v) is 8.91. The summed E-state index contributed by atoms with van der Waals surface area (Å²) >= 11 is 0. The molecule has 0 N–H and O–H groups in total. The number of nitrogens with zero attached hydrogens (tertiary/aromatic N) is 5. The number of anilines is 1. The molecule has 2 aromatic carbocycles. The Hall–Kier alpha value is -3.19. The van der Waals surface area contributed by atoms with Gasteiger partial charge in [0.2, 0.25) is 5.91 Å². The molecule has 0 aliphatic carbocycles. The van der Waals surface area contributed by atoms with E-state index < -0.39 is 5.41 Å². The molecular weight excluding hydrogens is 402 g/mol. The first-order chi connectivity index (χ1) is 15.7. The smallest absolute Gasteiger partial charge is 0.240 e. The van der Waals surface area contributed by atoms with Crippen LogP contribution in [0.2, 0.25) is 0 Å². The number of carbonyl (C=O) groups excluding carboxylic acids is 1. The molecule has 3 aliphatic heterocycles. The quantitative estimate of drug-likeness (QED) is 0.594. The van der Waals surface area contributed by atoms with Crippen molar-refractivity contribution in [1.82, 2.24) is 19.9 Å². The Labute approximate surface area is 187 Å². The van der Waals surface area contributed by atoms with Gasteiger partial charge in [-0.3, -0.25) is 14.4 Å². The Morgan fingerprint density at radius 2 is 2.06 bits per heavy atom. The molecule has 164 valence electrons. The van der Waals surface area contributed by atoms with E-state index in [1.807, 2.05) is 27.9 Å². The van der Waals surface area contributed by atoms with Crippen LogP contribution in [0.25, 0.3) is 0 Å².